The normalized spacial score (nSPS) is 13.6. The second-order valence-electron chi connectivity index (χ2n) is 1.75. The van der Waals surface area contributed by atoms with Crippen LogP contribution < -0.4 is 0 Å². The van der Waals surface area contributed by atoms with E-state index in [9.17, 15) is 8.76 Å². The number of aromatic nitrogens is 1. The number of rotatable bonds is 1. The van der Waals surface area contributed by atoms with Crippen molar-refractivity contribution in [3.05, 3.63) is 18.5 Å². The Balaban J connectivity index is 2.98. The molecule has 0 bridgehead atoms. The lowest BCUT2D eigenvalue weighted by Gasteiger charge is -1.97. The topological polar surface area (TPSA) is 45.1 Å². The Labute approximate surface area is 55.6 Å². The van der Waals surface area contributed by atoms with Gasteiger partial charge in [-0.15, -0.1) is 0 Å². The summed E-state index contributed by atoms with van der Waals surface area (Å²) in [6.45, 7) is 0. The molecule has 50 valence electrons. The van der Waals surface area contributed by atoms with Crippen molar-refractivity contribution in [2.75, 3.05) is 0 Å². The molecule has 1 rings (SSSR count). The Kier molecular flexibility index (Phi) is 1.68. The fourth-order valence-electron chi connectivity index (χ4n) is 0.576. The van der Waals surface area contributed by atoms with E-state index in [0.717, 1.165) is 0 Å². The third-order valence-corrected chi connectivity index (χ3v) is 1.62. The molecular weight excluding hydrogens is 138 g/mol. The van der Waals surface area contributed by atoms with Gasteiger partial charge >= 0.3 is 0 Å². The summed E-state index contributed by atoms with van der Waals surface area (Å²) in [4.78, 5) is 0.331. The van der Waals surface area contributed by atoms with Crippen LogP contribution in [0.5, 0.6) is 0 Å². The lowest BCUT2D eigenvalue weighted by Crippen LogP contribution is -1.85. The molecule has 0 aliphatic rings. The zero-order valence-corrected chi connectivity index (χ0v) is 5.72. The van der Waals surface area contributed by atoms with Crippen molar-refractivity contribution >= 4 is 11.1 Å². The van der Waals surface area contributed by atoms with Gasteiger partial charge in [0.1, 0.15) is 0 Å². The van der Waals surface area contributed by atoms with E-state index in [1.54, 1.807) is 30.1 Å². The quantitative estimate of drug-likeness (QED) is 0.531. The van der Waals surface area contributed by atoms with Gasteiger partial charge in [0.15, 0.2) is 0 Å². The van der Waals surface area contributed by atoms with Crippen molar-refractivity contribution in [2.45, 2.75) is 4.90 Å². The van der Waals surface area contributed by atoms with E-state index >= 15 is 0 Å². The minimum Gasteiger partial charge on any atom is -0.768 e. The highest BCUT2D eigenvalue weighted by Crippen LogP contribution is 2.02. The molecule has 0 N–H and O–H groups in total. The first-order chi connectivity index (χ1) is 4.20. The van der Waals surface area contributed by atoms with E-state index in [2.05, 4.69) is 0 Å². The van der Waals surface area contributed by atoms with Gasteiger partial charge in [0.05, 0.1) is 0 Å². The first-order valence-electron chi connectivity index (χ1n) is 2.41. The summed E-state index contributed by atoms with van der Waals surface area (Å²) in [7, 11) is 1.77. The van der Waals surface area contributed by atoms with E-state index in [4.69, 9.17) is 0 Å². The van der Waals surface area contributed by atoms with E-state index in [1.807, 2.05) is 0 Å². The summed E-state index contributed by atoms with van der Waals surface area (Å²) in [6, 6.07) is 1.54. The Hall–Kier alpha value is -0.610. The zero-order chi connectivity index (χ0) is 6.85. The molecule has 1 unspecified atom stereocenters. The van der Waals surface area contributed by atoms with Crippen molar-refractivity contribution in [1.82, 2.24) is 4.57 Å². The second-order valence-corrected chi connectivity index (χ2v) is 2.69. The molecule has 9 heavy (non-hydrogen) atoms. The van der Waals surface area contributed by atoms with Crippen LogP contribution >= 0.6 is 0 Å². The van der Waals surface area contributed by atoms with Crippen LogP contribution in [0.4, 0.5) is 0 Å². The van der Waals surface area contributed by atoms with Crippen molar-refractivity contribution < 1.29 is 8.76 Å². The third-order valence-electron chi connectivity index (χ3n) is 0.997. The van der Waals surface area contributed by atoms with Crippen LogP contribution in [0.3, 0.4) is 0 Å². The molecule has 0 saturated heterocycles. The lowest BCUT2D eigenvalue weighted by molar-refractivity contribution is 0.537. The maximum Gasteiger partial charge on any atom is 0.0425 e. The van der Waals surface area contributed by atoms with Gasteiger partial charge in [0.25, 0.3) is 0 Å². The van der Waals surface area contributed by atoms with Crippen molar-refractivity contribution in [3.8, 4) is 0 Å². The van der Waals surface area contributed by atoms with Crippen LogP contribution in [0.2, 0.25) is 0 Å². The molecule has 0 radical (unpaired) electrons. The van der Waals surface area contributed by atoms with Crippen molar-refractivity contribution in [2.24, 2.45) is 7.05 Å². The van der Waals surface area contributed by atoms with Crippen molar-refractivity contribution in [3.63, 3.8) is 0 Å². The fourth-order valence-corrected chi connectivity index (χ4v) is 1.00. The molecule has 1 aromatic rings. The largest absolute Gasteiger partial charge is 0.768 e. The molecule has 3 nitrogen and oxygen atoms in total. The average Bonchev–Trinajstić information content (AvgIpc) is 2.14. The van der Waals surface area contributed by atoms with Gasteiger partial charge in [-0.3, -0.25) is 4.21 Å². The number of hydrogen-bond donors (Lipinski definition) is 0. The molecule has 0 fully saturated rings. The van der Waals surface area contributed by atoms with Crippen LogP contribution in [-0.2, 0) is 18.1 Å². The fraction of sp³-hybridized carbons (Fsp3) is 0.200. The molecule has 0 aliphatic heterocycles. The van der Waals surface area contributed by atoms with Crippen LogP contribution in [0.25, 0.3) is 0 Å². The Morgan fingerprint density at radius 2 is 2.44 bits per heavy atom. The summed E-state index contributed by atoms with van der Waals surface area (Å²) in [6.07, 6.45) is 3.23. The number of aryl methyl sites for hydroxylation is 1. The first kappa shape index (κ1) is 6.51. The zero-order valence-electron chi connectivity index (χ0n) is 4.90. The predicted molar refractivity (Wildman–Crippen MR) is 32.6 cm³/mol. The van der Waals surface area contributed by atoms with Gasteiger partial charge in [-0.25, -0.2) is 0 Å². The van der Waals surface area contributed by atoms with Crippen LogP contribution in [0.15, 0.2) is 23.4 Å². The van der Waals surface area contributed by atoms with Crippen LogP contribution in [0, 0.1) is 0 Å². The molecule has 4 heteroatoms. The highest BCUT2D eigenvalue weighted by atomic mass is 32.2. The summed E-state index contributed by atoms with van der Waals surface area (Å²) >= 11 is -2.08. The summed E-state index contributed by atoms with van der Waals surface area (Å²) < 4.78 is 22.1. The Bertz CT molecular complexity index is 231. The van der Waals surface area contributed by atoms with Gasteiger partial charge in [-0.1, -0.05) is 0 Å². The predicted octanol–water partition coefficient (Wildman–Crippen LogP) is 0.263. The van der Waals surface area contributed by atoms with Gasteiger partial charge in [0, 0.05) is 24.3 Å². The Morgan fingerprint density at radius 3 is 2.67 bits per heavy atom. The molecule has 0 aliphatic carbocycles. The van der Waals surface area contributed by atoms with E-state index in [1.165, 1.54) is 0 Å². The molecule has 1 heterocycles. The van der Waals surface area contributed by atoms with Crippen molar-refractivity contribution in [1.29, 1.82) is 0 Å². The minimum atomic E-state index is -2.08. The highest BCUT2D eigenvalue weighted by Gasteiger charge is 1.90. The van der Waals surface area contributed by atoms with Gasteiger partial charge in [-0.2, -0.15) is 0 Å². The maximum atomic E-state index is 10.2. The monoisotopic (exact) mass is 144 g/mol. The standard InChI is InChI=1S/C5H7NO2S/c1-6-3-2-5(4-6)9(7)8/h2-4H,1H3,(H,7,8)/p-1. The molecule has 1 aromatic heterocycles. The van der Waals surface area contributed by atoms with E-state index < -0.39 is 11.1 Å². The van der Waals surface area contributed by atoms with Crippen LogP contribution in [0.1, 0.15) is 0 Å². The molecule has 0 aromatic carbocycles. The molecule has 0 spiro atoms. The molecule has 0 amide bonds. The maximum absolute atomic E-state index is 10.2. The molecule has 0 saturated carbocycles. The third kappa shape index (κ3) is 1.40. The Morgan fingerprint density at radius 1 is 1.78 bits per heavy atom. The molecular formula is C5H6NO2S-. The first-order valence-corrected chi connectivity index (χ1v) is 3.49. The SMILES string of the molecule is Cn1ccc(S(=O)[O-])c1. The van der Waals surface area contributed by atoms with Gasteiger partial charge < -0.3 is 9.12 Å². The minimum absolute atomic E-state index is 0.331. The highest BCUT2D eigenvalue weighted by molar-refractivity contribution is 7.79. The summed E-state index contributed by atoms with van der Waals surface area (Å²) in [5.41, 5.74) is 0. The summed E-state index contributed by atoms with van der Waals surface area (Å²) in [5, 5.41) is 0. The summed E-state index contributed by atoms with van der Waals surface area (Å²) in [5.74, 6) is 0. The van der Waals surface area contributed by atoms with E-state index in [-0.39, 0.29) is 0 Å². The van der Waals surface area contributed by atoms with Gasteiger partial charge in [-0.05, 0) is 17.1 Å². The van der Waals surface area contributed by atoms with E-state index in [0.29, 0.717) is 4.90 Å². The smallest absolute Gasteiger partial charge is 0.0425 e. The van der Waals surface area contributed by atoms with Gasteiger partial charge in [0.2, 0.25) is 0 Å². The lowest BCUT2D eigenvalue weighted by atomic mass is 10.7. The second kappa shape index (κ2) is 2.33. The number of nitrogens with zero attached hydrogens (tertiary/aromatic N) is 1. The van der Waals surface area contributed by atoms with Crippen LogP contribution in [-0.4, -0.2) is 13.3 Å². The molecule has 1 atom stereocenters. The number of hydrogen-bond acceptors (Lipinski definition) is 2. The average molecular weight is 144 g/mol.